The van der Waals surface area contributed by atoms with Crippen LogP contribution in [0.5, 0.6) is 0 Å². The second-order valence-corrected chi connectivity index (χ2v) is 4.31. The van der Waals surface area contributed by atoms with Gasteiger partial charge in [0.15, 0.2) is 4.77 Å². The molecule has 0 aliphatic heterocycles. The summed E-state index contributed by atoms with van der Waals surface area (Å²) >= 11 is 8.54. The molecule has 0 saturated heterocycles. The van der Waals surface area contributed by atoms with Crippen molar-refractivity contribution in [3.8, 4) is 0 Å². The lowest BCUT2D eigenvalue weighted by Gasteiger charge is -2.05. The van der Waals surface area contributed by atoms with Crippen LogP contribution in [0, 0.1) is 4.77 Å². The van der Waals surface area contributed by atoms with Gasteiger partial charge in [-0.25, -0.2) is 5.10 Å². The highest BCUT2D eigenvalue weighted by molar-refractivity contribution is 9.10. The molecule has 0 fully saturated rings. The van der Waals surface area contributed by atoms with Gasteiger partial charge in [-0.15, -0.1) is 5.10 Å². The van der Waals surface area contributed by atoms with Crippen molar-refractivity contribution in [2.45, 2.75) is 6.54 Å². The summed E-state index contributed by atoms with van der Waals surface area (Å²) < 4.78 is 3.31. The Labute approximate surface area is 100 Å². The van der Waals surface area contributed by atoms with Crippen LogP contribution in [0.2, 0.25) is 0 Å². The summed E-state index contributed by atoms with van der Waals surface area (Å²) in [5.74, 6) is 0.399. The molecule has 0 amide bonds. The highest BCUT2D eigenvalue weighted by Crippen LogP contribution is 2.17. The van der Waals surface area contributed by atoms with Gasteiger partial charge in [0.2, 0.25) is 5.95 Å². The van der Waals surface area contributed by atoms with Gasteiger partial charge in [-0.1, -0.05) is 34.1 Å². The number of H-pyrrole nitrogens is 1. The Kier molecular flexibility index (Phi) is 2.88. The summed E-state index contributed by atoms with van der Waals surface area (Å²) in [6, 6.07) is 7.93. The zero-order chi connectivity index (χ0) is 10.8. The second-order valence-electron chi connectivity index (χ2n) is 3.06. The van der Waals surface area contributed by atoms with Gasteiger partial charge >= 0.3 is 0 Å². The van der Waals surface area contributed by atoms with E-state index in [-0.39, 0.29) is 0 Å². The maximum atomic E-state index is 5.68. The number of nitrogen functional groups attached to an aromatic ring is 1. The average Bonchev–Trinajstić information content (AvgIpc) is 2.53. The lowest BCUT2D eigenvalue weighted by atomic mass is 10.2. The van der Waals surface area contributed by atoms with E-state index in [1.165, 1.54) is 0 Å². The third-order valence-electron chi connectivity index (χ3n) is 2.07. The zero-order valence-electron chi connectivity index (χ0n) is 7.77. The Morgan fingerprint density at radius 3 is 2.80 bits per heavy atom. The number of benzene rings is 1. The van der Waals surface area contributed by atoms with Gasteiger partial charge in [-0.3, -0.25) is 4.57 Å². The minimum atomic E-state index is 0.399. The number of hydrogen-bond acceptors (Lipinski definition) is 3. The van der Waals surface area contributed by atoms with Gasteiger partial charge in [0, 0.05) is 4.47 Å². The minimum Gasteiger partial charge on any atom is -0.368 e. The van der Waals surface area contributed by atoms with E-state index >= 15 is 0 Å². The van der Waals surface area contributed by atoms with E-state index in [1.54, 1.807) is 4.57 Å². The topological polar surface area (TPSA) is 59.6 Å². The fraction of sp³-hybridized carbons (Fsp3) is 0.111. The number of aromatic nitrogens is 3. The monoisotopic (exact) mass is 284 g/mol. The van der Waals surface area contributed by atoms with E-state index in [1.807, 2.05) is 24.3 Å². The highest BCUT2D eigenvalue weighted by Gasteiger charge is 2.04. The van der Waals surface area contributed by atoms with Crippen LogP contribution in [0.1, 0.15) is 5.56 Å². The number of hydrogen-bond donors (Lipinski definition) is 2. The first-order valence-corrected chi connectivity index (χ1v) is 5.52. The van der Waals surface area contributed by atoms with Gasteiger partial charge in [-0.2, -0.15) is 0 Å². The molecule has 0 aliphatic rings. The highest BCUT2D eigenvalue weighted by atomic mass is 79.9. The molecule has 78 valence electrons. The molecule has 0 unspecified atom stereocenters. The molecule has 1 aromatic heterocycles. The molecule has 2 rings (SSSR count). The summed E-state index contributed by atoms with van der Waals surface area (Å²) in [6.45, 7) is 0.614. The van der Waals surface area contributed by atoms with Gasteiger partial charge in [-0.05, 0) is 23.8 Å². The van der Waals surface area contributed by atoms with Crippen molar-refractivity contribution in [2.75, 3.05) is 5.73 Å². The third-order valence-corrected chi connectivity index (χ3v) is 3.16. The SMILES string of the molecule is Nc1n[nH]c(=S)n1Cc1ccccc1Br. The fourth-order valence-corrected chi connectivity index (χ4v) is 1.89. The van der Waals surface area contributed by atoms with E-state index < -0.39 is 0 Å². The summed E-state index contributed by atoms with van der Waals surface area (Å²) in [5, 5.41) is 6.50. The summed E-state index contributed by atoms with van der Waals surface area (Å²) in [4.78, 5) is 0. The summed E-state index contributed by atoms with van der Waals surface area (Å²) in [7, 11) is 0. The van der Waals surface area contributed by atoms with Crippen LogP contribution in [-0.2, 0) is 6.54 Å². The Morgan fingerprint density at radius 1 is 1.47 bits per heavy atom. The van der Waals surface area contributed by atoms with Crippen LogP contribution >= 0.6 is 28.1 Å². The number of nitrogens with zero attached hydrogens (tertiary/aromatic N) is 2. The van der Waals surface area contributed by atoms with Crippen molar-refractivity contribution >= 4 is 34.1 Å². The Hall–Kier alpha value is -1.14. The Balaban J connectivity index is 2.38. The molecule has 6 heteroatoms. The van der Waals surface area contributed by atoms with Crippen molar-refractivity contribution in [1.82, 2.24) is 14.8 Å². The molecule has 4 nitrogen and oxygen atoms in total. The van der Waals surface area contributed by atoms with Crippen molar-refractivity contribution in [3.05, 3.63) is 39.1 Å². The molecule has 1 heterocycles. The smallest absolute Gasteiger partial charge is 0.220 e. The van der Waals surface area contributed by atoms with E-state index in [4.69, 9.17) is 18.0 Å². The fourth-order valence-electron chi connectivity index (χ4n) is 1.28. The summed E-state index contributed by atoms with van der Waals surface area (Å²) in [5.41, 5.74) is 6.79. The number of rotatable bonds is 2. The number of aromatic amines is 1. The number of nitrogens with two attached hydrogens (primary N) is 1. The lowest BCUT2D eigenvalue weighted by Crippen LogP contribution is -2.05. The van der Waals surface area contributed by atoms with Crippen LogP contribution in [0.15, 0.2) is 28.7 Å². The summed E-state index contributed by atoms with van der Waals surface area (Å²) in [6.07, 6.45) is 0. The standard InChI is InChI=1S/C9H9BrN4S/c10-7-4-2-1-3-6(7)5-14-8(11)12-13-9(14)15/h1-4H,5H2,(H2,11,12)(H,13,15). The predicted molar refractivity (Wildman–Crippen MR) is 65.1 cm³/mol. The molecule has 0 aliphatic carbocycles. The molecule has 0 saturated carbocycles. The van der Waals surface area contributed by atoms with Crippen LogP contribution in [0.25, 0.3) is 0 Å². The van der Waals surface area contributed by atoms with Crippen LogP contribution in [0.3, 0.4) is 0 Å². The molecular weight excluding hydrogens is 276 g/mol. The van der Waals surface area contributed by atoms with Gasteiger partial charge < -0.3 is 5.73 Å². The molecule has 0 bridgehead atoms. The largest absolute Gasteiger partial charge is 0.368 e. The van der Waals surface area contributed by atoms with Crippen LogP contribution in [-0.4, -0.2) is 14.8 Å². The van der Waals surface area contributed by atoms with Crippen molar-refractivity contribution in [1.29, 1.82) is 0 Å². The van der Waals surface area contributed by atoms with Gasteiger partial charge in [0.05, 0.1) is 6.54 Å². The quantitative estimate of drug-likeness (QED) is 0.833. The molecule has 0 spiro atoms. The van der Waals surface area contributed by atoms with E-state index in [2.05, 4.69) is 26.1 Å². The second kappa shape index (κ2) is 4.16. The first-order valence-electron chi connectivity index (χ1n) is 4.32. The molecule has 0 radical (unpaired) electrons. The molecule has 1 aromatic carbocycles. The Bertz CT molecular complexity index is 531. The maximum absolute atomic E-state index is 5.68. The normalized spacial score (nSPS) is 10.5. The maximum Gasteiger partial charge on any atom is 0.220 e. The first-order chi connectivity index (χ1) is 7.18. The zero-order valence-corrected chi connectivity index (χ0v) is 10.2. The number of halogens is 1. The number of anilines is 1. The predicted octanol–water partition coefficient (Wildman–Crippen LogP) is 2.33. The lowest BCUT2D eigenvalue weighted by molar-refractivity contribution is 0.790. The Morgan fingerprint density at radius 2 is 2.20 bits per heavy atom. The van der Waals surface area contributed by atoms with E-state index in [9.17, 15) is 0 Å². The van der Waals surface area contributed by atoms with Gasteiger partial charge in [0.25, 0.3) is 0 Å². The van der Waals surface area contributed by atoms with Crippen molar-refractivity contribution < 1.29 is 0 Å². The van der Waals surface area contributed by atoms with E-state index in [0.29, 0.717) is 17.3 Å². The van der Waals surface area contributed by atoms with Gasteiger partial charge in [0.1, 0.15) is 0 Å². The first kappa shape index (κ1) is 10.4. The molecule has 0 atom stereocenters. The molecule has 15 heavy (non-hydrogen) atoms. The average molecular weight is 285 g/mol. The molecule has 2 aromatic rings. The van der Waals surface area contributed by atoms with Crippen molar-refractivity contribution in [2.24, 2.45) is 0 Å². The third kappa shape index (κ3) is 2.10. The molecular formula is C9H9BrN4S. The van der Waals surface area contributed by atoms with Crippen molar-refractivity contribution in [3.63, 3.8) is 0 Å². The van der Waals surface area contributed by atoms with Crippen LogP contribution in [0.4, 0.5) is 5.95 Å². The van der Waals surface area contributed by atoms with E-state index in [0.717, 1.165) is 10.0 Å². The number of nitrogens with one attached hydrogen (secondary N) is 1. The van der Waals surface area contributed by atoms with Crippen LogP contribution < -0.4 is 5.73 Å². The minimum absolute atomic E-state index is 0.399. The molecule has 3 N–H and O–H groups in total.